The molecule has 1 amide bonds. The van der Waals surface area contributed by atoms with Crippen LogP contribution in [0.4, 0.5) is 34.4 Å². The molecule has 65 heavy (non-hydrogen) atoms. The van der Waals surface area contributed by atoms with Crippen molar-refractivity contribution in [1.82, 2.24) is 45.2 Å². The second-order valence-electron chi connectivity index (χ2n) is 15.5. The molecule has 0 saturated carbocycles. The summed E-state index contributed by atoms with van der Waals surface area (Å²) in [7, 11) is 0.366. The second kappa shape index (κ2) is 18.5. The molecule has 0 atom stereocenters. The van der Waals surface area contributed by atoms with Crippen LogP contribution in [0.2, 0.25) is 0 Å². The van der Waals surface area contributed by atoms with Gasteiger partial charge in [0.1, 0.15) is 33.6 Å². The molecule has 0 radical (unpaired) electrons. The second-order valence-corrected chi connectivity index (χ2v) is 17.8. The van der Waals surface area contributed by atoms with Gasteiger partial charge >= 0.3 is 0 Å². The number of aromatic amines is 2. The maximum atomic E-state index is 11.7. The number of aromatic nitrogens is 8. The lowest BCUT2D eigenvalue weighted by Crippen LogP contribution is -2.48. The molecule has 0 bridgehead atoms. The Hall–Kier alpha value is -7.80. The van der Waals surface area contributed by atoms with E-state index in [9.17, 15) is 13.2 Å². The highest BCUT2D eigenvalue weighted by atomic mass is 32.2. The summed E-state index contributed by atoms with van der Waals surface area (Å²) in [5.74, 6) is 4.54. The maximum absolute atomic E-state index is 11.7. The van der Waals surface area contributed by atoms with E-state index in [0.717, 1.165) is 82.6 Å². The first kappa shape index (κ1) is 42.5. The van der Waals surface area contributed by atoms with Gasteiger partial charge in [0.2, 0.25) is 5.91 Å². The highest BCUT2D eigenvalue weighted by Gasteiger charge is 2.22. The van der Waals surface area contributed by atoms with Gasteiger partial charge in [0, 0.05) is 80.1 Å². The molecular formula is C46H47N13O5S. The summed E-state index contributed by atoms with van der Waals surface area (Å²) in [6, 6.07) is 31.3. The third kappa shape index (κ3) is 9.74. The van der Waals surface area contributed by atoms with Gasteiger partial charge in [0.25, 0.3) is 0 Å². The van der Waals surface area contributed by atoms with Gasteiger partial charge in [-0.1, -0.05) is 0 Å². The molecule has 2 aliphatic rings. The van der Waals surface area contributed by atoms with Crippen LogP contribution in [-0.2, 0) is 14.6 Å². The monoisotopic (exact) mass is 893 g/mol. The summed E-state index contributed by atoms with van der Waals surface area (Å²) in [5, 5.41) is 20.9. The van der Waals surface area contributed by atoms with Gasteiger partial charge in [-0.3, -0.25) is 15.0 Å². The molecule has 18 nitrogen and oxygen atoms in total. The van der Waals surface area contributed by atoms with Crippen molar-refractivity contribution in [3.8, 4) is 34.3 Å². The van der Waals surface area contributed by atoms with Crippen molar-refractivity contribution in [2.45, 2.75) is 6.92 Å². The van der Waals surface area contributed by atoms with E-state index in [1.807, 2.05) is 89.8 Å². The fourth-order valence-electron chi connectivity index (χ4n) is 7.63. The summed E-state index contributed by atoms with van der Waals surface area (Å²) >= 11 is 0. The molecule has 4 aromatic heterocycles. The number of nitrogens with one attached hydrogen (secondary N) is 4. The number of nitrogens with zero attached hydrogens (tertiary/aromatic N) is 9. The Bertz CT molecular complexity index is 3010. The molecule has 2 fully saturated rings. The number of ether oxygens (including phenoxy) is 2. The number of hydrogen-bond acceptors (Lipinski definition) is 15. The van der Waals surface area contributed by atoms with E-state index in [0.29, 0.717) is 47.4 Å². The van der Waals surface area contributed by atoms with Gasteiger partial charge in [-0.2, -0.15) is 10.2 Å². The Balaban J connectivity index is 0.000000164. The van der Waals surface area contributed by atoms with Crippen LogP contribution in [0.3, 0.4) is 0 Å². The average molecular weight is 894 g/mol. The topological polar surface area (TPSA) is 212 Å². The number of anilines is 6. The number of amides is 1. The standard InChI is InChI=1S/C24H25N7O2.C22H22N6O3S/c1-16(32)30-11-13-31(14-12-30)19-7-5-18(6-8-19)26-24-22-21(15-25-29-22)27-23(28-24)17-3-9-20(33-2)10-4-17;1-31-18-8-2-15(3-9-18)21-25-19-14-23-27-20(19)22(26-21)24-16-4-6-17(7-5-16)28-10-12-32(29,30)13-11-28/h3-10,15H,11-14H2,1-2H3,(H,25,29)(H,26,27,28);2-9,14H,10-13H2,1H3,(H,23,27)(H,24,25,26). The maximum Gasteiger partial charge on any atom is 0.219 e. The molecule has 2 saturated heterocycles. The highest BCUT2D eigenvalue weighted by Crippen LogP contribution is 2.30. The van der Waals surface area contributed by atoms with Crippen molar-refractivity contribution >= 4 is 72.2 Å². The van der Waals surface area contributed by atoms with Gasteiger partial charge in [-0.25, -0.2) is 28.4 Å². The Labute approximate surface area is 375 Å². The molecule has 19 heteroatoms. The number of H-pyrrole nitrogens is 2. The van der Waals surface area contributed by atoms with Crippen LogP contribution in [0.1, 0.15) is 6.92 Å². The third-order valence-corrected chi connectivity index (χ3v) is 13.0. The van der Waals surface area contributed by atoms with Crippen LogP contribution in [0.15, 0.2) is 109 Å². The number of piperazine rings is 1. The fourth-order valence-corrected chi connectivity index (χ4v) is 8.83. The van der Waals surface area contributed by atoms with E-state index in [4.69, 9.17) is 19.4 Å². The van der Waals surface area contributed by atoms with Crippen molar-refractivity contribution in [2.75, 3.05) is 85.4 Å². The van der Waals surface area contributed by atoms with Crippen molar-refractivity contribution < 1.29 is 22.7 Å². The summed E-state index contributed by atoms with van der Waals surface area (Å²) in [6.07, 6.45) is 3.36. The zero-order valence-electron chi connectivity index (χ0n) is 36.0. The van der Waals surface area contributed by atoms with Crippen LogP contribution in [0.5, 0.6) is 11.5 Å². The number of methoxy groups -OCH3 is 2. The van der Waals surface area contributed by atoms with Gasteiger partial charge in [0.05, 0.1) is 38.1 Å². The van der Waals surface area contributed by atoms with Crippen molar-refractivity contribution in [2.24, 2.45) is 0 Å². The average Bonchev–Trinajstić information content (AvgIpc) is 4.03. The number of rotatable bonds is 10. The predicted molar refractivity (Wildman–Crippen MR) is 252 cm³/mol. The first-order valence-corrected chi connectivity index (χ1v) is 22.8. The smallest absolute Gasteiger partial charge is 0.219 e. The molecule has 0 spiro atoms. The van der Waals surface area contributed by atoms with Gasteiger partial charge in [-0.15, -0.1) is 0 Å². The molecule has 4 N–H and O–H groups in total. The summed E-state index contributed by atoms with van der Waals surface area (Å²) in [5.41, 5.74) is 8.57. The van der Waals surface area contributed by atoms with Crippen molar-refractivity contribution in [1.29, 1.82) is 0 Å². The normalized spacial score (nSPS) is 14.7. The molecule has 332 valence electrons. The van der Waals surface area contributed by atoms with E-state index in [-0.39, 0.29) is 17.4 Å². The number of carbonyl (C=O) groups excluding carboxylic acids is 1. The first-order chi connectivity index (χ1) is 31.6. The van der Waals surface area contributed by atoms with E-state index in [2.05, 4.69) is 62.9 Å². The molecule has 0 aliphatic carbocycles. The number of carbonyl (C=O) groups is 1. The number of sulfone groups is 1. The minimum atomic E-state index is -2.90. The third-order valence-electron chi connectivity index (χ3n) is 11.4. The zero-order chi connectivity index (χ0) is 44.9. The molecule has 6 heterocycles. The van der Waals surface area contributed by atoms with Crippen molar-refractivity contribution in [3.63, 3.8) is 0 Å². The van der Waals surface area contributed by atoms with Crippen LogP contribution in [0.25, 0.3) is 44.8 Å². The van der Waals surface area contributed by atoms with Crippen LogP contribution < -0.4 is 29.9 Å². The quantitative estimate of drug-likeness (QED) is 0.116. The van der Waals surface area contributed by atoms with Crippen LogP contribution in [-0.4, -0.2) is 125 Å². The first-order valence-electron chi connectivity index (χ1n) is 21.0. The van der Waals surface area contributed by atoms with Crippen LogP contribution in [0, 0.1) is 0 Å². The fraction of sp³-hybridized carbons (Fsp3) is 0.239. The Kier molecular flexibility index (Phi) is 12.1. The van der Waals surface area contributed by atoms with Gasteiger partial charge in [-0.05, 0) is 97.1 Å². The SMILES string of the molecule is COc1ccc(-c2nc(Nc3ccc(N4CCN(C(C)=O)CC4)cc3)c3[nH]ncc3n2)cc1.COc1ccc(-c2nc(Nc3ccc(N4CCS(=O)(=O)CC4)cc3)c3[nH]ncc3n2)cc1. The molecule has 2 aliphatic heterocycles. The summed E-state index contributed by atoms with van der Waals surface area (Å²) in [4.78, 5) is 36.5. The van der Waals surface area contributed by atoms with Gasteiger partial charge in [0.15, 0.2) is 33.1 Å². The number of hydrogen-bond donors (Lipinski definition) is 4. The lowest BCUT2D eigenvalue weighted by Gasteiger charge is -2.35. The Morgan fingerprint density at radius 2 is 0.985 bits per heavy atom. The lowest BCUT2D eigenvalue weighted by atomic mass is 10.2. The molecule has 4 aromatic carbocycles. The van der Waals surface area contributed by atoms with Crippen molar-refractivity contribution in [3.05, 3.63) is 109 Å². The predicted octanol–water partition coefficient (Wildman–Crippen LogP) is 6.45. The zero-order valence-corrected chi connectivity index (χ0v) is 36.8. The summed E-state index contributed by atoms with van der Waals surface area (Å²) < 4.78 is 33.8. The Morgan fingerprint density at radius 1 is 0.569 bits per heavy atom. The summed E-state index contributed by atoms with van der Waals surface area (Å²) in [6.45, 7) is 5.82. The minimum Gasteiger partial charge on any atom is -0.497 e. The Morgan fingerprint density at radius 3 is 1.38 bits per heavy atom. The van der Waals surface area contributed by atoms with E-state index in [1.54, 1.807) is 33.5 Å². The number of benzene rings is 4. The van der Waals surface area contributed by atoms with E-state index in [1.165, 1.54) is 0 Å². The highest BCUT2D eigenvalue weighted by molar-refractivity contribution is 7.91. The molecular weight excluding hydrogens is 847 g/mol. The van der Waals surface area contributed by atoms with Crippen LogP contribution >= 0.6 is 0 Å². The molecule has 10 rings (SSSR count). The minimum absolute atomic E-state index is 0.137. The molecule has 8 aromatic rings. The van der Waals surface area contributed by atoms with E-state index < -0.39 is 9.84 Å². The van der Waals surface area contributed by atoms with E-state index >= 15 is 0 Å². The number of fused-ring (bicyclic) bond motifs is 2. The lowest BCUT2D eigenvalue weighted by molar-refractivity contribution is -0.129. The largest absolute Gasteiger partial charge is 0.497 e. The van der Waals surface area contributed by atoms with Gasteiger partial charge < -0.3 is 34.8 Å². The molecule has 0 unspecified atom stereocenters.